The fourth-order valence-electron chi connectivity index (χ4n) is 8.44. The molecule has 4 heterocycles. The Balaban J connectivity index is 0.965. The molecule has 0 spiro atoms. The van der Waals surface area contributed by atoms with Gasteiger partial charge in [0.15, 0.2) is 0 Å². The summed E-state index contributed by atoms with van der Waals surface area (Å²) in [6.07, 6.45) is 3.79. The van der Waals surface area contributed by atoms with Gasteiger partial charge in [-0.15, -0.1) is 0 Å². The van der Waals surface area contributed by atoms with Gasteiger partial charge in [0.05, 0.1) is 43.4 Å². The number of ether oxygens (including phenoxy) is 2. The molecule has 2 aliphatic rings. The second-order valence-electron chi connectivity index (χ2n) is 15.6. The van der Waals surface area contributed by atoms with E-state index in [-0.39, 0.29) is 29.7 Å². The molecule has 0 radical (unpaired) electrons. The standard InChI is InChI=1S/C47H47ClN8O7S/c1-62-46(59)52-39(31-11-6-4-7-12-31)44(57)55-24-10-15-36(55)43-51-38(41(48)54-43)33-22-18-29(19-23-33)28-16-20-30(21-17-28)35-26-49-42(50-35)37-25-34(64(3)61)27-56(37)45(58)40(53-47(60)63-2)32-13-8-5-9-14-32/h4-9,11-14,16-23,26,34,36-37,39-40H,10,15,24-25,27H2,1-3H3,(H,49,50)(H,51,54)(H,52,59)(H,53,60)/t34-,36-,37-,39-,40+,64?/m0/s1. The number of halogens is 1. The van der Waals surface area contributed by atoms with Crippen LogP contribution >= 0.6 is 11.6 Å². The Kier molecular flexibility index (Phi) is 13.2. The summed E-state index contributed by atoms with van der Waals surface area (Å²) in [5, 5.41) is 5.44. The molecule has 4 aromatic carbocycles. The zero-order valence-corrected chi connectivity index (χ0v) is 36.9. The number of rotatable bonds is 12. The zero-order valence-electron chi connectivity index (χ0n) is 35.3. The van der Waals surface area contributed by atoms with E-state index in [2.05, 4.69) is 20.6 Å². The normalized spacial score (nSPS) is 18.5. The van der Waals surface area contributed by atoms with Crippen LogP contribution in [0, 0.1) is 0 Å². The fraction of sp³-hybridized carbons (Fsp3) is 0.277. The molecule has 4 N–H and O–H groups in total. The lowest BCUT2D eigenvalue weighted by atomic mass is 10.0. The highest BCUT2D eigenvalue weighted by Crippen LogP contribution is 2.38. The van der Waals surface area contributed by atoms with Crippen molar-refractivity contribution in [2.24, 2.45) is 0 Å². The van der Waals surface area contributed by atoms with E-state index in [4.69, 9.17) is 31.0 Å². The van der Waals surface area contributed by atoms with Crippen molar-refractivity contribution in [1.82, 2.24) is 40.4 Å². The van der Waals surface area contributed by atoms with Crippen LogP contribution in [-0.2, 0) is 29.9 Å². The summed E-state index contributed by atoms with van der Waals surface area (Å²) in [5.41, 5.74) is 6.18. The summed E-state index contributed by atoms with van der Waals surface area (Å²) in [4.78, 5) is 72.3. The maximum Gasteiger partial charge on any atom is 0.407 e. The molecular formula is C47H47ClN8O7S. The molecule has 1 unspecified atom stereocenters. The van der Waals surface area contributed by atoms with Crippen LogP contribution in [0.5, 0.6) is 0 Å². The van der Waals surface area contributed by atoms with E-state index >= 15 is 0 Å². The van der Waals surface area contributed by atoms with Gasteiger partial charge < -0.3 is 39.9 Å². The molecule has 8 rings (SSSR count). The molecule has 0 bridgehead atoms. The number of methoxy groups -OCH3 is 2. The Bertz CT molecular complexity index is 2640. The summed E-state index contributed by atoms with van der Waals surface area (Å²) in [7, 11) is 1.30. The molecule has 6 aromatic rings. The molecule has 64 heavy (non-hydrogen) atoms. The topological polar surface area (TPSA) is 192 Å². The number of alkyl carbamates (subject to hydrolysis) is 2. The highest BCUT2D eigenvalue weighted by Gasteiger charge is 2.43. The van der Waals surface area contributed by atoms with Crippen molar-refractivity contribution in [2.75, 3.05) is 33.6 Å². The fourth-order valence-corrected chi connectivity index (χ4v) is 9.51. The number of carbonyl (C=O) groups excluding carboxylic acids is 4. The van der Waals surface area contributed by atoms with Crippen molar-refractivity contribution >= 4 is 46.4 Å². The number of likely N-dealkylation sites (tertiary alicyclic amines) is 2. The number of imidazole rings is 2. The van der Waals surface area contributed by atoms with E-state index in [0.29, 0.717) is 53.0 Å². The number of aromatic nitrogens is 4. The molecule has 6 atom stereocenters. The van der Waals surface area contributed by atoms with Crippen molar-refractivity contribution in [1.29, 1.82) is 0 Å². The van der Waals surface area contributed by atoms with Gasteiger partial charge in [0.2, 0.25) is 0 Å². The van der Waals surface area contributed by atoms with Crippen LogP contribution in [0.3, 0.4) is 0 Å². The first-order chi connectivity index (χ1) is 31.0. The van der Waals surface area contributed by atoms with Gasteiger partial charge in [-0.25, -0.2) is 19.6 Å². The van der Waals surface area contributed by atoms with Crippen molar-refractivity contribution in [3.05, 3.63) is 143 Å². The molecule has 0 aliphatic carbocycles. The van der Waals surface area contributed by atoms with Gasteiger partial charge in [-0.05, 0) is 47.1 Å². The van der Waals surface area contributed by atoms with E-state index < -0.39 is 41.1 Å². The maximum atomic E-state index is 14.2. The van der Waals surface area contributed by atoms with Crippen LogP contribution < -0.4 is 10.6 Å². The molecule has 15 nitrogen and oxygen atoms in total. The second kappa shape index (κ2) is 19.3. The number of benzene rings is 4. The Morgan fingerprint density at radius 2 is 1.25 bits per heavy atom. The highest BCUT2D eigenvalue weighted by atomic mass is 35.5. The number of nitrogens with zero attached hydrogens (tertiary/aromatic N) is 4. The number of amides is 4. The Morgan fingerprint density at radius 1 is 0.719 bits per heavy atom. The number of carbonyl (C=O) groups is 4. The minimum absolute atomic E-state index is 0.239. The quantitative estimate of drug-likeness (QED) is 0.0955. The molecule has 2 fully saturated rings. The van der Waals surface area contributed by atoms with Gasteiger partial charge in [0, 0.05) is 35.7 Å². The maximum absolute atomic E-state index is 14.2. The molecule has 2 aromatic heterocycles. The van der Waals surface area contributed by atoms with Gasteiger partial charge in [-0.3, -0.25) is 13.8 Å². The SMILES string of the molecule is COC(=O)N[C@H](C(=O)N1CCC[C@H]1c1nc(-c2ccc(-c3ccc(-c4cnc([C@@H]5C[C@H](S(C)=O)CN5C(=O)[C@H](NC(=O)OC)c5ccccc5)[nH]4)cc3)cc2)c(Cl)[nH]1)c1ccccc1. The summed E-state index contributed by atoms with van der Waals surface area (Å²) >= 11 is 6.76. The van der Waals surface area contributed by atoms with Crippen LogP contribution in [0.25, 0.3) is 33.6 Å². The summed E-state index contributed by atoms with van der Waals surface area (Å²) < 4.78 is 22.4. The third-order valence-corrected chi connectivity index (χ3v) is 13.4. The lowest BCUT2D eigenvalue weighted by Gasteiger charge is -2.28. The van der Waals surface area contributed by atoms with Gasteiger partial charge in [-0.1, -0.05) is 121 Å². The third-order valence-electron chi connectivity index (χ3n) is 11.8. The monoisotopic (exact) mass is 902 g/mol. The summed E-state index contributed by atoms with van der Waals surface area (Å²) in [6.45, 7) is 0.734. The van der Waals surface area contributed by atoms with Gasteiger partial charge >= 0.3 is 12.2 Å². The van der Waals surface area contributed by atoms with Crippen LogP contribution in [-0.4, -0.2) is 96.8 Å². The average Bonchev–Trinajstić information content (AvgIpc) is 4.17. The van der Waals surface area contributed by atoms with Gasteiger partial charge in [0.1, 0.15) is 34.6 Å². The largest absolute Gasteiger partial charge is 0.453 e. The molecule has 2 aliphatic heterocycles. The lowest BCUT2D eigenvalue weighted by Crippen LogP contribution is -2.43. The Morgan fingerprint density at radius 3 is 1.80 bits per heavy atom. The summed E-state index contributed by atoms with van der Waals surface area (Å²) in [5.74, 6) is 0.502. The second-order valence-corrected chi connectivity index (χ2v) is 17.7. The van der Waals surface area contributed by atoms with Crippen molar-refractivity contribution in [2.45, 2.75) is 48.7 Å². The predicted octanol–water partition coefficient (Wildman–Crippen LogP) is 7.67. The van der Waals surface area contributed by atoms with Crippen molar-refractivity contribution in [3.8, 4) is 33.6 Å². The minimum atomic E-state index is -1.20. The zero-order chi connectivity index (χ0) is 44.9. The molecule has 2 saturated heterocycles. The van der Waals surface area contributed by atoms with E-state index in [1.165, 1.54) is 14.2 Å². The third kappa shape index (κ3) is 9.29. The number of hydrogen-bond acceptors (Lipinski definition) is 9. The predicted molar refractivity (Wildman–Crippen MR) is 242 cm³/mol. The van der Waals surface area contributed by atoms with Crippen molar-refractivity contribution in [3.63, 3.8) is 0 Å². The van der Waals surface area contributed by atoms with Crippen LogP contribution in [0.4, 0.5) is 9.59 Å². The van der Waals surface area contributed by atoms with E-state index in [9.17, 15) is 23.4 Å². The first kappa shape index (κ1) is 43.9. The summed E-state index contributed by atoms with van der Waals surface area (Å²) in [6, 6.07) is 31.1. The first-order valence-electron chi connectivity index (χ1n) is 20.8. The number of aromatic amines is 2. The van der Waals surface area contributed by atoms with Crippen LogP contribution in [0.2, 0.25) is 5.15 Å². The van der Waals surface area contributed by atoms with Gasteiger partial charge in [0.25, 0.3) is 11.8 Å². The van der Waals surface area contributed by atoms with Gasteiger partial charge in [-0.2, -0.15) is 0 Å². The van der Waals surface area contributed by atoms with Crippen LogP contribution in [0.1, 0.15) is 66.2 Å². The molecule has 330 valence electrons. The minimum Gasteiger partial charge on any atom is -0.453 e. The molecular weight excluding hydrogens is 856 g/mol. The Labute approximate surface area is 377 Å². The lowest BCUT2D eigenvalue weighted by molar-refractivity contribution is -0.135. The van der Waals surface area contributed by atoms with E-state index in [0.717, 1.165) is 34.4 Å². The van der Waals surface area contributed by atoms with E-state index in [1.54, 1.807) is 58.7 Å². The number of nitrogens with one attached hydrogen (secondary N) is 4. The smallest absolute Gasteiger partial charge is 0.407 e. The molecule has 4 amide bonds. The van der Waals surface area contributed by atoms with E-state index in [1.807, 2.05) is 72.8 Å². The number of hydrogen-bond donors (Lipinski definition) is 4. The first-order valence-corrected chi connectivity index (χ1v) is 22.8. The molecule has 17 heteroatoms. The average molecular weight is 903 g/mol. The molecule has 0 saturated carbocycles. The number of H-pyrrole nitrogens is 2. The van der Waals surface area contributed by atoms with Crippen LogP contribution in [0.15, 0.2) is 115 Å². The highest BCUT2D eigenvalue weighted by molar-refractivity contribution is 7.84. The van der Waals surface area contributed by atoms with Crippen molar-refractivity contribution < 1.29 is 32.9 Å². The Hall–Kier alpha value is -6.78.